The van der Waals surface area contributed by atoms with Crippen LogP contribution in [0.15, 0.2) is 0 Å². The minimum absolute atomic E-state index is 0.588. The lowest BCUT2D eigenvalue weighted by atomic mass is 9.58. The van der Waals surface area contributed by atoms with Gasteiger partial charge in [-0.15, -0.1) is 0 Å². The van der Waals surface area contributed by atoms with Crippen LogP contribution in [0.5, 0.6) is 0 Å². The van der Waals surface area contributed by atoms with Crippen molar-refractivity contribution in [3.63, 3.8) is 0 Å². The second kappa shape index (κ2) is 9.67. The van der Waals surface area contributed by atoms with E-state index in [2.05, 4.69) is 62.3 Å². The van der Waals surface area contributed by atoms with Gasteiger partial charge in [0.2, 0.25) is 0 Å². The zero-order valence-corrected chi connectivity index (χ0v) is 20.4. The smallest absolute Gasteiger partial charge is 0.0246 e. The molecule has 2 aliphatic rings. The summed E-state index contributed by atoms with van der Waals surface area (Å²) in [6, 6.07) is 0. The largest absolute Gasteiger partial charge is 0.0651 e. The van der Waals surface area contributed by atoms with Crippen molar-refractivity contribution in [2.24, 2.45) is 58.7 Å². The van der Waals surface area contributed by atoms with Crippen molar-refractivity contribution in [1.82, 2.24) is 0 Å². The van der Waals surface area contributed by atoms with E-state index in [1.165, 1.54) is 51.4 Å². The Labute approximate surface area is 172 Å². The Balaban J connectivity index is 1.99. The first-order valence-electron chi connectivity index (χ1n) is 12.7. The third kappa shape index (κ3) is 5.54. The van der Waals surface area contributed by atoms with Gasteiger partial charge in [0.15, 0.2) is 0 Å². The molecule has 2 aliphatic carbocycles. The fourth-order valence-corrected chi connectivity index (χ4v) is 6.59. The third-order valence-corrected chi connectivity index (χ3v) is 9.58. The number of hydrogen-bond donors (Lipinski definition) is 0. The highest BCUT2D eigenvalue weighted by atomic mass is 14.6. The fourth-order valence-electron chi connectivity index (χ4n) is 6.59. The van der Waals surface area contributed by atoms with Crippen LogP contribution >= 0.6 is 0 Å². The van der Waals surface area contributed by atoms with Crippen molar-refractivity contribution in [3.05, 3.63) is 0 Å². The van der Waals surface area contributed by atoms with Crippen LogP contribution in [0, 0.1) is 58.7 Å². The minimum atomic E-state index is 0.588. The third-order valence-electron chi connectivity index (χ3n) is 9.58. The van der Waals surface area contributed by atoms with Gasteiger partial charge >= 0.3 is 0 Å². The van der Waals surface area contributed by atoms with E-state index < -0.39 is 0 Å². The van der Waals surface area contributed by atoms with Gasteiger partial charge in [0.1, 0.15) is 0 Å². The van der Waals surface area contributed by atoms with Crippen molar-refractivity contribution < 1.29 is 0 Å². The lowest BCUT2D eigenvalue weighted by molar-refractivity contribution is 0.0243. The molecular formula is C27H52. The summed E-state index contributed by atoms with van der Waals surface area (Å²) in [6.45, 7) is 22.5. The molecule has 2 fully saturated rings. The topological polar surface area (TPSA) is 0 Å². The second-order valence-corrected chi connectivity index (χ2v) is 11.6. The van der Waals surface area contributed by atoms with Gasteiger partial charge in [-0.1, -0.05) is 94.4 Å². The van der Waals surface area contributed by atoms with Crippen LogP contribution in [-0.4, -0.2) is 0 Å². The van der Waals surface area contributed by atoms with Crippen molar-refractivity contribution in [2.45, 2.75) is 114 Å². The van der Waals surface area contributed by atoms with Crippen LogP contribution in [-0.2, 0) is 0 Å². The second-order valence-electron chi connectivity index (χ2n) is 11.6. The molecule has 0 bridgehead atoms. The Hall–Kier alpha value is 0. The van der Waals surface area contributed by atoms with E-state index >= 15 is 0 Å². The maximum atomic E-state index is 2.65. The van der Waals surface area contributed by atoms with E-state index in [1.54, 1.807) is 0 Å². The highest BCUT2D eigenvalue weighted by Gasteiger charge is 2.51. The molecule has 2 saturated carbocycles. The molecule has 0 radical (unpaired) electrons. The zero-order valence-electron chi connectivity index (χ0n) is 20.4. The fraction of sp³-hybridized carbons (Fsp3) is 1.00. The molecule has 0 aliphatic heterocycles. The van der Waals surface area contributed by atoms with Gasteiger partial charge < -0.3 is 0 Å². The molecule has 0 aromatic rings. The average Bonchev–Trinajstić information content (AvgIpc) is 3.52. The molecule has 0 aromatic carbocycles. The molecule has 0 spiro atoms. The molecule has 0 aromatic heterocycles. The van der Waals surface area contributed by atoms with Crippen molar-refractivity contribution in [1.29, 1.82) is 0 Å². The van der Waals surface area contributed by atoms with Crippen molar-refractivity contribution in [2.75, 3.05) is 0 Å². The van der Waals surface area contributed by atoms with Crippen LogP contribution in [0.25, 0.3) is 0 Å². The molecule has 7 unspecified atom stereocenters. The van der Waals surface area contributed by atoms with E-state index in [0.29, 0.717) is 5.41 Å². The standard InChI is InChI=1S/C27H52/c1-10-24(22(9)27(11-2,19(5)6)17-23-14-15-23)26-16-25(26)21(8)13-12-20(7)18(3)4/h18-26H,10-17H2,1-9H3. The molecular weight excluding hydrogens is 324 g/mol. The first kappa shape index (κ1) is 23.3. The SMILES string of the molecule is CCC(C1CC1C(C)CCC(C)C(C)C)C(C)C(CC)(CC1CC1)C(C)C. The van der Waals surface area contributed by atoms with Crippen LogP contribution in [0.2, 0.25) is 0 Å². The van der Waals surface area contributed by atoms with Gasteiger partial charge in [0.05, 0.1) is 0 Å². The Morgan fingerprint density at radius 3 is 1.93 bits per heavy atom. The number of rotatable bonds is 13. The molecule has 0 nitrogen and oxygen atoms in total. The first-order chi connectivity index (χ1) is 12.7. The van der Waals surface area contributed by atoms with E-state index in [0.717, 1.165) is 53.3 Å². The summed E-state index contributed by atoms with van der Waals surface area (Å²) in [5, 5.41) is 0. The Kier molecular flexibility index (Phi) is 8.34. The van der Waals surface area contributed by atoms with Gasteiger partial charge in [-0.25, -0.2) is 0 Å². The Bertz CT molecular complexity index is 431. The summed E-state index contributed by atoms with van der Waals surface area (Å²) in [4.78, 5) is 0. The predicted octanol–water partition coefficient (Wildman–Crippen LogP) is 8.85. The summed E-state index contributed by atoms with van der Waals surface area (Å²) >= 11 is 0. The molecule has 0 saturated heterocycles. The molecule has 0 heterocycles. The van der Waals surface area contributed by atoms with Gasteiger partial charge in [0, 0.05) is 0 Å². The van der Waals surface area contributed by atoms with Crippen LogP contribution in [0.4, 0.5) is 0 Å². The highest BCUT2D eigenvalue weighted by Crippen LogP contribution is 2.59. The molecule has 0 heteroatoms. The Morgan fingerprint density at radius 2 is 1.48 bits per heavy atom. The van der Waals surface area contributed by atoms with E-state index in [9.17, 15) is 0 Å². The summed E-state index contributed by atoms with van der Waals surface area (Å²) in [5.74, 6) is 8.46. The van der Waals surface area contributed by atoms with Crippen molar-refractivity contribution in [3.8, 4) is 0 Å². The van der Waals surface area contributed by atoms with Crippen LogP contribution in [0.1, 0.15) is 114 Å². The predicted molar refractivity (Wildman–Crippen MR) is 122 cm³/mol. The van der Waals surface area contributed by atoms with Gasteiger partial charge in [-0.2, -0.15) is 0 Å². The molecule has 27 heavy (non-hydrogen) atoms. The van der Waals surface area contributed by atoms with Gasteiger partial charge in [-0.05, 0) is 77.9 Å². The molecule has 160 valence electrons. The lowest BCUT2D eigenvalue weighted by Gasteiger charge is -2.46. The lowest BCUT2D eigenvalue weighted by Crippen LogP contribution is -2.39. The van der Waals surface area contributed by atoms with E-state index in [4.69, 9.17) is 0 Å². The molecule has 7 atom stereocenters. The zero-order chi connectivity index (χ0) is 20.4. The van der Waals surface area contributed by atoms with Gasteiger partial charge in [-0.3, -0.25) is 0 Å². The molecule has 0 amide bonds. The number of hydrogen-bond acceptors (Lipinski definition) is 0. The van der Waals surface area contributed by atoms with Crippen LogP contribution < -0.4 is 0 Å². The summed E-state index contributed by atoms with van der Waals surface area (Å²) in [7, 11) is 0. The normalized spacial score (nSPS) is 29.4. The van der Waals surface area contributed by atoms with Gasteiger partial charge in [0.25, 0.3) is 0 Å². The molecule has 2 rings (SSSR count). The monoisotopic (exact) mass is 376 g/mol. The first-order valence-corrected chi connectivity index (χ1v) is 12.7. The summed E-state index contributed by atoms with van der Waals surface area (Å²) in [5.41, 5.74) is 0.588. The van der Waals surface area contributed by atoms with E-state index in [-0.39, 0.29) is 0 Å². The summed E-state index contributed by atoms with van der Waals surface area (Å²) < 4.78 is 0. The summed E-state index contributed by atoms with van der Waals surface area (Å²) in [6.07, 6.45) is 11.7. The minimum Gasteiger partial charge on any atom is -0.0651 e. The van der Waals surface area contributed by atoms with Crippen LogP contribution in [0.3, 0.4) is 0 Å². The molecule has 0 N–H and O–H groups in total. The highest BCUT2D eigenvalue weighted by molar-refractivity contribution is 5.00. The average molecular weight is 377 g/mol. The van der Waals surface area contributed by atoms with E-state index in [1.807, 2.05) is 0 Å². The maximum Gasteiger partial charge on any atom is -0.0246 e. The van der Waals surface area contributed by atoms with Crippen molar-refractivity contribution >= 4 is 0 Å². The Morgan fingerprint density at radius 1 is 0.852 bits per heavy atom. The quantitative estimate of drug-likeness (QED) is 0.301. The maximum absolute atomic E-state index is 2.65.